The van der Waals surface area contributed by atoms with Crippen molar-refractivity contribution in [1.29, 1.82) is 0 Å². The third-order valence-corrected chi connectivity index (χ3v) is 2.99. The van der Waals surface area contributed by atoms with Crippen LogP contribution >= 0.6 is 11.6 Å². The van der Waals surface area contributed by atoms with Gasteiger partial charge in [0.15, 0.2) is 0 Å². The second-order valence-corrected chi connectivity index (χ2v) is 4.13. The number of hydrogen-bond acceptors (Lipinski definition) is 3. The normalized spacial score (nSPS) is 12.5. The van der Waals surface area contributed by atoms with Crippen LogP contribution in [0.1, 0.15) is 24.9 Å². The van der Waals surface area contributed by atoms with Gasteiger partial charge in [-0.05, 0) is 38.1 Å². The van der Waals surface area contributed by atoms with Crippen LogP contribution < -0.4 is 10.1 Å². The van der Waals surface area contributed by atoms with E-state index in [-0.39, 0.29) is 6.04 Å². The van der Waals surface area contributed by atoms with Crippen molar-refractivity contribution in [2.45, 2.75) is 19.4 Å². The fourth-order valence-electron chi connectivity index (χ4n) is 1.72. The Morgan fingerprint density at radius 3 is 2.76 bits per heavy atom. The first-order valence-electron chi connectivity index (χ1n) is 5.81. The summed E-state index contributed by atoms with van der Waals surface area (Å²) in [5, 5.41) is 3.90. The Morgan fingerprint density at radius 2 is 2.18 bits per heavy atom. The summed E-state index contributed by atoms with van der Waals surface area (Å²) in [5.41, 5.74) is 1.16. The van der Waals surface area contributed by atoms with Crippen molar-refractivity contribution in [3.8, 4) is 5.75 Å². The summed E-state index contributed by atoms with van der Waals surface area (Å²) in [5.74, 6) is 0.709. The molecular weight excluding hydrogens is 238 g/mol. The predicted molar refractivity (Wildman–Crippen MR) is 70.9 cm³/mol. The van der Waals surface area contributed by atoms with E-state index in [1.807, 2.05) is 32.2 Å². The van der Waals surface area contributed by atoms with Gasteiger partial charge in [-0.15, -0.1) is 0 Å². The van der Waals surface area contributed by atoms with Gasteiger partial charge < -0.3 is 14.8 Å². The van der Waals surface area contributed by atoms with Crippen LogP contribution in [-0.4, -0.2) is 27.4 Å². The molecule has 96 valence electrons. The molecule has 1 N–H and O–H groups in total. The van der Waals surface area contributed by atoms with E-state index in [2.05, 4.69) is 5.32 Å². The van der Waals surface area contributed by atoms with E-state index >= 15 is 0 Å². The Bertz CT molecular complexity index is 344. The number of hydrogen-bond donors (Lipinski definition) is 1. The maximum absolute atomic E-state index is 6.00. The molecule has 17 heavy (non-hydrogen) atoms. The van der Waals surface area contributed by atoms with E-state index in [9.17, 15) is 0 Å². The Balaban J connectivity index is 2.73. The third kappa shape index (κ3) is 4.19. The lowest BCUT2D eigenvalue weighted by atomic mass is 10.0. The molecule has 4 heteroatoms. The van der Waals surface area contributed by atoms with Crippen LogP contribution in [0.2, 0.25) is 5.02 Å². The molecule has 0 saturated heterocycles. The van der Waals surface area contributed by atoms with Gasteiger partial charge in [-0.3, -0.25) is 0 Å². The summed E-state index contributed by atoms with van der Waals surface area (Å²) in [6.07, 6.45) is 0.926. The van der Waals surface area contributed by atoms with Crippen molar-refractivity contribution in [1.82, 2.24) is 5.32 Å². The topological polar surface area (TPSA) is 30.5 Å². The largest absolute Gasteiger partial charge is 0.495 e. The highest BCUT2D eigenvalue weighted by Crippen LogP contribution is 2.28. The molecule has 1 aromatic rings. The van der Waals surface area contributed by atoms with Gasteiger partial charge in [-0.2, -0.15) is 0 Å². The van der Waals surface area contributed by atoms with Crippen molar-refractivity contribution in [2.24, 2.45) is 0 Å². The third-order valence-electron chi connectivity index (χ3n) is 2.68. The molecule has 1 rings (SSSR count). The van der Waals surface area contributed by atoms with Crippen LogP contribution in [0.5, 0.6) is 5.75 Å². The molecular formula is C13H20ClNO2. The fourth-order valence-corrected chi connectivity index (χ4v) is 1.91. The van der Waals surface area contributed by atoms with Gasteiger partial charge >= 0.3 is 0 Å². The van der Waals surface area contributed by atoms with E-state index < -0.39 is 0 Å². The van der Waals surface area contributed by atoms with Gasteiger partial charge in [-0.1, -0.05) is 17.7 Å². The standard InChI is InChI=1S/C13H20ClNO2/c1-4-17-8-7-12(15-2)10-5-6-11(14)13(9-10)16-3/h5-6,9,12,15H,4,7-8H2,1-3H3. The minimum Gasteiger partial charge on any atom is -0.495 e. The average Bonchev–Trinajstić information content (AvgIpc) is 2.36. The van der Waals surface area contributed by atoms with Crippen LogP contribution in [0.3, 0.4) is 0 Å². The maximum Gasteiger partial charge on any atom is 0.137 e. The molecule has 0 aromatic heterocycles. The molecule has 0 spiro atoms. The summed E-state index contributed by atoms with van der Waals surface area (Å²) in [4.78, 5) is 0. The van der Waals surface area contributed by atoms with Gasteiger partial charge in [0.1, 0.15) is 5.75 Å². The van der Waals surface area contributed by atoms with Crippen molar-refractivity contribution >= 4 is 11.6 Å². The Morgan fingerprint density at radius 1 is 1.41 bits per heavy atom. The van der Waals surface area contributed by atoms with E-state index in [0.29, 0.717) is 10.8 Å². The van der Waals surface area contributed by atoms with Crippen molar-refractivity contribution < 1.29 is 9.47 Å². The van der Waals surface area contributed by atoms with Crippen LogP contribution in [-0.2, 0) is 4.74 Å². The highest BCUT2D eigenvalue weighted by atomic mass is 35.5. The number of nitrogens with one attached hydrogen (secondary N) is 1. The predicted octanol–water partition coefficient (Wildman–Crippen LogP) is 3.04. The first-order valence-corrected chi connectivity index (χ1v) is 6.19. The molecule has 0 amide bonds. The van der Waals surface area contributed by atoms with E-state index in [1.165, 1.54) is 0 Å². The molecule has 3 nitrogen and oxygen atoms in total. The smallest absolute Gasteiger partial charge is 0.137 e. The van der Waals surface area contributed by atoms with Gasteiger partial charge in [0.2, 0.25) is 0 Å². The van der Waals surface area contributed by atoms with Crippen LogP contribution in [0.15, 0.2) is 18.2 Å². The molecule has 0 aliphatic carbocycles. The van der Waals surface area contributed by atoms with Crippen LogP contribution in [0.4, 0.5) is 0 Å². The first kappa shape index (κ1) is 14.3. The summed E-state index contributed by atoms with van der Waals surface area (Å²) in [7, 11) is 3.57. The monoisotopic (exact) mass is 257 g/mol. The number of methoxy groups -OCH3 is 1. The first-order chi connectivity index (χ1) is 8.22. The quantitative estimate of drug-likeness (QED) is 0.762. The lowest BCUT2D eigenvalue weighted by Crippen LogP contribution is -2.18. The van der Waals surface area contributed by atoms with Crippen molar-refractivity contribution in [3.05, 3.63) is 28.8 Å². The van der Waals surface area contributed by atoms with E-state index in [0.717, 1.165) is 25.2 Å². The molecule has 1 unspecified atom stereocenters. The number of halogens is 1. The number of rotatable bonds is 7. The molecule has 0 aliphatic heterocycles. The van der Waals surface area contributed by atoms with E-state index in [1.54, 1.807) is 7.11 Å². The molecule has 0 fully saturated rings. The molecule has 0 radical (unpaired) electrons. The minimum atomic E-state index is 0.257. The lowest BCUT2D eigenvalue weighted by Gasteiger charge is -2.17. The van der Waals surface area contributed by atoms with Crippen molar-refractivity contribution in [2.75, 3.05) is 27.4 Å². The van der Waals surface area contributed by atoms with E-state index in [4.69, 9.17) is 21.1 Å². The summed E-state index contributed by atoms with van der Waals surface area (Å²) < 4.78 is 10.6. The molecule has 0 heterocycles. The molecule has 1 atom stereocenters. The zero-order valence-electron chi connectivity index (χ0n) is 10.6. The Labute approximate surface area is 108 Å². The second-order valence-electron chi connectivity index (χ2n) is 3.72. The second kappa shape index (κ2) is 7.54. The number of ether oxygens (including phenoxy) is 2. The Kier molecular flexibility index (Phi) is 6.34. The zero-order valence-corrected chi connectivity index (χ0v) is 11.4. The molecule has 0 saturated carbocycles. The Hall–Kier alpha value is -0.770. The molecule has 1 aromatic carbocycles. The summed E-state index contributed by atoms with van der Waals surface area (Å²) in [6, 6.07) is 6.10. The highest BCUT2D eigenvalue weighted by Gasteiger charge is 2.11. The van der Waals surface area contributed by atoms with Gasteiger partial charge in [0.05, 0.1) is 12.1 Å². The molecule has 0 aliphatic rings. The average molecular weight is 258 g/mol. The highest BCUT2D eigenvalue weighted by molar-refractivity contribution is 6.32. The summed E-state index contributed by atoms with van der Waals surface area (Å²) in [6.45, 7) is 3.49. The maximum atomic E-state index is 6.00. The van der Waals surface area contributed by atoms with Gasteiger partial charge in [0.25, 0.3) is 0 Å². The van der Waals surface area contributed by atoms with Gasteiger partial charge in [-0.25, -0.2) is 0 Å². The van der Waals surface area contributed by atoms with Gasteiger partial charge in [0, 0.05) is 19.3 Å². The zero-order chi connectivity index (χ0) is 12.7. The molecule has 0 bridgehead atoms. The SMILES string of the molecule is CCOCCC(NC)c1ccc(Cl)c(OC)c1. The number of benzene rings is 1. The van der Waals surface area contributed by atoms with Crippen LogP contribution in [0.25, 0.3) is 0 Å². The lowest BCUT2D eigenvalue weighted by molar-refractivity contribution is 0.137. The minimum absolute atomic E-state index is 0.257. The fraction of sp³-hybridized carbons (Fsp3) is 0.538. The van der Waals surface area contributed by atoms with Crippen molar-refractivity contribution in [3.63, 3.8) is 0 Å². The van der Waals surface area contributed by atoms with Crippen LogP contribution in [0, 0.1) is 0 Å². The summed E-state index contributed by atoms with van der Waals surface area (Å²) >= 11 is 6.00.